The topological polar surface area (TPSA) is 80.3 Å². The SMILES string of the molecule is C=CCC[N+](C)(C)CC=C.C=CCC[N+](C)(C)CC=C.O=S(=O)([O-])[O-]. The summed E-state index contributed by atoms with van der Waals surface area (Å²) in [5.74, 6) is 0. The van der Waals surface area contributed by atoms with Crippen LogP contribution in [0.25, 0.3) is 0 Å². The van der Waals surface area contributed by atoms with Crippen molar-refractivity contribution in [3.8, 4) is 0 Å². The van der Waals surface area contributed by atoms with Gasteiger partial charge in [0, 0.05) is 23.2 Å². The van der Waals surface area contributed by atoms with Gasteiger partial charge in [0.2, 0.25) is 0 Å². The fourth-order valence-electron chi connectivity index (χ4n) is 1.76. The van der Waals surface area contributed by atoms with Crippen LogP contribution in [0.4, 0.5) is 0 Å². The van der Waals surface area contributed by atoms with E-state index < -0.39 is 10.4 Å². The van der Waals surface area contributed by atoms with Crippen molar-refractivity contribution >= 4 is 10.4 Å². The highest BCUT2D eigenvalue weighted by molar-refractivity contribution is 7.79. The van der Waals surface area contributed by atoms with Gasteiger partial charge in [-0.1, -0.05) is 25.3 Å². The quantitative estimate of drug-likeness (QED) is 0.254. The van der Waals surface area contributed by atoms with E-state index >= 15 is 0 Å². The van der Waals surface area contributed by atoms with Crippen molar-refractivity contribution in [1.29, 1.82) is 0 Å². The van der Waals surface area contributed by atoms with Crippen molar-refractivity contribution in [1.82, 2.24) is 0 Å². The lowest BCUT2D eigenvalue weighted by Gasteiger charge is -2.27. The number of rotatable bonds is 10. The molecule has 0 atom stereocenters. The Morgan fingerprint density at radius 1 is 0.720 bits per heavy atom. The van der Waals surface area contributed by atoms with Crippen LogP contribution in [0.15, 0.2) is 50.6 Å². The van der Waals surface area contributed by atoms with Gasteiger partial charge in [-0.3, -0.25) is 8.42 Å². The standard InChI is InChI=1S/2C9H18N.H2O4S/c2*1-5-7-9-10(3,4)8-6-2;1-5(2,3)4/h2*5-6H,1-2,7-9H2,3-4H3;(H2,1,2,3,4)/q2*+1;/p-2. The first-order valence-electron chi connectivity index (χ1n) is 7.99. The zero-order valence-electron chi connectivity index (χ0n) is 16.3. The molecule has 0 rings (SSSR count). The average Bonchev–Trinajstić information content (AvgIpc) is 2.42. The molecule has 0 N–H and O–H groups in total. The highest BCUT2D eigenvalue weighted by Gasteiger charge is 2.10. The van der Waals surface area contributed by atoms with Crippen molar-refractivity contribution in [2.75, 3.05) is 54.4 Å². The molecule has 0 aliphatic heterocycles. The molecular weight excluding hydrogens is 340 g/mol. The first-order valence-corrected chi connectivity index (χ1v) is 9.32. The Morgan fingerprint density at radius 3 is 1.12 bits per heavy atom. The summed E-state index contributed by atoms with van der Waals surface area (Å²) in [6.45, 7) is 19.2. The molecule has 0 heterocycles. The minimum Gasteiger partial charge on any atom is -0.759 e. The van der Waals surface area contributed by atoms with E-state index in [0.29, 0.717) is 0 Å². The lowest BCUT2D eigenvalue weighted by atomic mass is 10.3. The molecule has 0 saturated carbocycles. The second kappa shape index (κ2) is 15.0. The van der Waals surface area contributed by atoms with Gasteiger partial charge < -0.3 is 18.1 Å². The van der Waals surface area contributed by atoms with E-state index in [1.54, 1.807) is 0 Å². The summed E-state index contributed by atoms with van der Waals surface area (Å²) in [6.07, 6.45) is 10.0. The zero-order chi connectivity index (χ0) is 20.6. The van der Waals surface area contributed by atoms with Crippen molar-refractivity contribution in [2.24, 2.45) is 0 Å². The highest BCUT2D eigenvalue weighted by Crippen LogP contribution is 1.99. The molecule has 0 amide bonds. The molecule has 0 spiro atoms. The molecule has 0 aromatic rings. The molecule has 0 aliphatic carbocycles. The number of hydrogen-bond donors (Lipinski definition) is 0. The fraction of sp³-hybridized carbons (Fsp3) is 0.556. The summed E-state index contributed by atoms with van der Waals surface area (Å²) in [6, 6.07) is 0. The predicted molar refractivity (Wildman–Crippen MR) is 104 cm³/mol. The lowest BCUT2D eigenvalue weighted by molar-refractivity contribution is -0.884. The van der Waals surface area contributed by atoms with Crippen LogP contribution in [0, 0.1) is 0 Å². The summed E-state index contributed by atoms with van der Waals surface area (Å²) in [5, 5.41) is 0. The molecule has 7 heteroatoms. The maximum absolute atomic E-state index is 8.52. The van der Waals surface area contributed by atoms with Gasteiger partial charge in [0.25, 0.3) is 0 Å². The van der Waals surface area contributed by atoms with E-state index in [4.69, 9.17) is 17.5 Å². The van der Waals surface area contributed by atoms with Gasteiger partial charge in [0.15, 0.2) is 0 Å². The van der Waals surface area contributed by atoms with Crippen LogP contribution < -0.4 is 0 Å². The maximum atomic E-state index is 8.52. The van der Waals surface area contributed by atoms with Crippen LogP contribution >= 0.6 is 0 Å². The van der Waals surface area contributed by atoms with Gasteiger partial charge in [0.1, 0.15) is 0 Å². The third-order valence-electron chi connectivity index (χ3n) is 3.12. The molecule has 0 bridgehead atoms. The molecular formula is C18H36N2O4S. The van der Waals surface area contributed by atoms with Gasteiger partial charge in [-0.25, -0.2) is 0 Å². The van der Waals surface area contributed by atoms with E-state index in [0.717, 1.165) is 48.0 Å². The summed E-state index contributed by atoms with van der Waals surface area (Å²) in [5.41, 5.74) is 0. The number of hydrogen-bond acceptors (Lipinski definition) is 4. The van der Waals surface area contributed by atoms with Crippen LogP contribution in [-0.2, 0) is 10.4 Å². The molecule has 25 heavy (non-hydrogen) atoms. The molecule has 0 aromatic carbocycles. The fourth-order valence-corrected chi connectivity index (χ4v) is 1.76. The van der Waals surface area contributed by atoms with Crippen LogP contribution in [0.3, 0.4) is 0 Å². The first-order chi connectivity index (χ1) is 11.2. The molecule has 0 fully saturated rings. The van der Waals surface area contributed by atoms with Gasteiger partial charge in [0.05, 0.1) is 54.4 Å². The van der Waals surface area contributed by atoms with E-state index in [-0.39, 0.29) is 0 Å². The molecule has 0 saturated heterocycles. The van der Waals surface area contributed by atoms with Crippen LogP contribution in [0.2, 0.25) is 0 Å². The second-order valence-corrected chi connectivity index (χ2v) is 7.64. The second-order valence-electron chi connectivity index (χ2n) is 6.82. The minimum absolute atomic E-state index is 1.01. The third kappa shape index (κ3) is 34.9. The summed E-state index contributed by atoms with van der Waals surface area (Å²) in [4.78, 5) is 0. The Hall–Kier alpha value is -1.25. The Balaban J connectivity index is -0.000000308. The average molecular weight is 377 g/mol. The normalized spacial score (nSPS) is 11.1. The van der Waals surface area contributed by atoms with E-state index in [9.17, 15) is 0 Å². The monoisotopic (exact) mass is 376 g/mol. The Labute approximate surface area is 155 Å². The van der Waals surface area contributed by atoms with Crippen molar-refractivity contribution in [2.45, 2.75) is 12.8 Å². The van der Waals surface area contributed by atoms with Gasteiger partial charge in [-0.15, -0.1) is 13.2 Å². The molecule has 0 unspecified atom stereocenters. The molecule has 148 valence electrons. The Morgan fingerprint density at radius 2 is 0.960 bits per heavy atom. The predicted octanol–water partition coefficient (Wildman–Crippen LogP) is 2.31. The van der Waals surface area contributed by atoms with Gasteiger partial charge >= 0.3 is 0 Å². The van der Waals surface area contributed by atoms with Crippen LogP contribution in [0.1, 0.15) is 12.8 Å². The van der Waals surface area contributed by atoms with Crippen molar-refractivity contribution in [3.63, 3.8) is 0 Å². The molecule has 6 nitrogen and oxygen atoms in total. The smallest absolute Gasteiger partial charge is 0.0967 e. The number of nitrogens with zero attached hydrogens (tertiary/aromatic N) is 2. The minimum atomic E-state index is -5.17. The number of quaternary nitrogens is 2. The summed E-state index contributed by atoms with van der Waals surface area (Å²) < 4.78 is 36.1. The van der Waals surface area contributed by atoms with Crippen molar-refractivity contribution < 1.29 is 26.5 Å². The Bertz CT molecular complexity index is 445. The van der Waals surface area contributed by atoms with Crippen LogP contribution in [-0.4, -0.2) is 80.9 Å². The molecule has 0 aromatic heterocycles. The van der Waals surface area contributed by atoms with Gasteiger partial charge in [-0.2, -0.15) is 0 Å². The van der Waals surface area contributed by atoms with Crippen LogP contribution in [0.5, 0.6) is 0 Å². The lowest BCUT2D eigenvalue weighted by Crippen LogP contribution is -2.40. The van der Waals surface area contributed by atoms with Crippen molar-refractivity contribution in [3.05, 3.63) is 50.6 Å². The van der Waals surface area contributed by atoms with E-state index in [1.807, 2.05) is 24.3 Å². The van der Waals surface area contributed by atoms with Gasteiger partial charge in [-0.05, 0) is 12.2 Å². The summed E-state index contributed by atoms with van der Waals surface area (Å²) >= 11 is 0. The number of likely N-dealkylation sites (N-methyl/N-ethyl adjacent to an activating group) is 2. The highest BCUT2D eigenvalue weighted by atomic mass is 32.3. The van der Waals surface area contributed by atoms with E-state index in [2.05, 4.69) is 54.5 Å². The molecule has 0 radical (unpaired) electrons. The first kappa shape index (κ1) is 28.5. The largest absolute Gasteiger partial charge is 0.759 e. The molecule has 0 aliphatic rings. The summed E-state index contributed by atoms with van der Waals surface area (Å²) in [7, 11) is 3.63. The Kier molecular flexibility index (Phi) is 17.2. The zero-order valence-corrected chi connectivity index (χ0v) is 17.1. The third-order valence-corrected chi connectivity index (χ3v) is 3.12. The maximum Gasteiger partial charge on any atom is 0.0967 e. The van der Waals surface area contributed by atoms with E-state index in [1.165, 1.54) is 0 Å².